The van der Waals surface area contributed by atoms with Crippen molar-refractivity contribution in [1.82, 2.24) is 0 Å². The smallest absolute Gasteiger partial charge is 0.309 e. The summed E-state index contributed by atoms with van der Waals surface area (Å²) in [5.41, 5.74) is 0. The van der Waals surface area contributed by atoms with Crippen LogP contribution in [0, 0.1) is 5.92 Å². The minimum absolute atomic E-state index is 0.291. The molecule has 0 aromatic heterocycles. The molecular weight excluding hydrogens is 144 g/mol. The lowest BCUT2D eigenvalue weighted by molar-refractivity contribution is -0.149. The van der Waals surface area contributed by atoms with Crippen LogP contribution in [0.15, 0.2) is 12.7 Å². The highest BCUT2D eigenvalue weighted by atomic mass is 16.5. The van der Waals surface area contributed by atoms with Gasteiger partial charge in [0.15, 0.2) is 0 Å². The van der Waals surface area contributed by atoms with Gasteiger partial charge in [-0.15, -0.1) is 6.58 Å². The van der Waals surface area contributed by atoms with Crippen molar-refractivity contribution in [3.05, 3.63) is 12.7 Å². The van der Waals surface area contributed by atoms with Crippen molar-refractivity contribution in [3.63, 3.8) is 0 Å². The summed E-state index contributed by atoms with van der Waals surface area (Å²) in [6.45, 7) is 4.18. The van der Waals surface area contributed by atoms with Crippen LogP contribution in [0.5, 0.6) is 0 Å². The van der Waals surface area contributed by atoms with Crippen LogP contribution in [0.2, 0.25) is 0 Å². The number of rotatable bonds is 2. The second-order valence-corrected chi connectivity index (χ2v) is 2.66. The van der Waals surface area contributed by atoms with E-state index in [0.717, 1.165) is 6.42 Å². The minimum Gasteiger partial charge on any atom is -0.481 e. The fourth-order valence-electron chi connectivity index (χ4n) is 1.30. The second-order valence-electron chi connectivity index (χ2n) is 2.66. The molecule has 0 unspecified atom stereocenters. The molecule has 0 aliphatic carbocycles. The van der Waals surface area contributed by atoms with Gasteiger partial charge in [0.2, 0.25) is 0 Å². The quantitative estimate of drug-likeness (QED) is 0.608. The largest absolute Gasteiger partial charge is 0.481 e. The van der Waals surface area contributed by atoms with E-state index in [9.17, 15) is 4.79 Å². The third-order valence-corrected chi connectivity index (χ3v) is 1.92. The van der Waals surface area contributed by atoms with Crippen molar-refractivity contribution in [3.8, 4) is 0 Å². The maximum absolute atomic E-state index is 10.6. The highest BCUT2D eigenvalue weighted by Crippen LogP contribution is 2.21. The van der Waals surface area contributed by atoms with Crippen LogP contribution in [-0.4, -0.2) is 23.8 Å². The third-order valence-electron chi connectivity index (χ3n) is 1.92. The average Bonchev–Trinajstić information content (AvgIpc) is 2.04. The van der Waals surface area contributed by atoms with Crippen LogP contribution >= 0.6 is 0 Å². The van der Waals surface area contributed by atoms with Crippen LogP contribution < -0.4 is 0 Å². The Kier molecular flexibility index (Phi) is 2.65. The molecule has 62 valence electrons. The zero-order valence-electron chi connectivity index (χ0n) is 6.32. The number of hydrogen-bond donors (Lipinski definition) is 1. The molecule has 11 heavy (non-hydrogen) atoms. The lowest BCUT2D eigenvalue weighted by Crippen LogP contribution is -2.33. The molecule has 0 aromatic rings. The molecule has 1 aliphatic heterocycles. The lowest BCUT2D eigenvalue weighted by Gasteiger charge is -2.25. The van der Waals surface area contributed by atoms with Crippen LogP contribution in [0.25, 0.3) is 0 Å². The first kappa shape index (κ1) is 8.27. The zero-order valence-corrected chi connectivity index (χ0v) is 6.32. The van der Waals surface area contributed by atoms with E-state index in [-0.39, 0.29) is 12.0 Å². The van der Waals surface area contributed by atoms with Crippen LogP contribution in [0.3, 0.4) is 0 Å². The number of ether oxygens (including phenoxy) is 1. The molecule has 1 rings (SSSR count). The Hall–Kier alpha value is -0.830. The molecule has 0 bridgehead atoms. The molecule has 1 saturated heterocycles. The van der Waals surface area contributed by atoms with Gasteiger partial charge in [0.05, 0.1) is 12.0 Å². The highest BCUT2D eigenvalue weighted by Gasteiger charge is 2.29. The Labute approximate surface area is 65.7 Å². The Bertz CT molecular complexity index is 165. The number of carboxylic acid groups (broad SMARTS) is 1. The molecule has 0 spiro atoms. The number of hydrogen-bond acceptors (Lipinski definition) is 2. The zero-order chi connectivity index (χ0) is 8.27. The molecule has 3 heteroatoms. The fraction of sp³-hybridized carbons (Fsp3) is 0.625. The summed E-state index contributed by atoms with van der Waals surface area (Å²) in [5.74, 6) is -1.17. The monoisotopic (exact) mass is 156 g/mol. The second kappa shape index (κ2) is 3.53. The predicted molar refractivity (Wildman–Crippen MR) is 40.3 cm³/mol. The van der Waals surface area contributed by atoms with E-state index in [1.807, 2.05) is 0 Å². The number of carbonyl (C=O) groups is 1. The van der Waals surface area contributed by atoms with Gasteiger partial charge in [-0.2, -0.15) is 0 Å². The minimum atomic E-state index is -0.783. The SMILES string of the molecule is C=C[C@H]1OCCC[C@@H]1C(=O)O. The van der Waals surface area contributed by atoms with Gasteiger partial charge in [-0.3, -0.25) is 4.79 Å². The van der Waals surface area contributed by atoms with Crippen LogP contribution in [-0.2, 0) is 9.53 Å². The molecule has 1 fully saturated rings. The van der Waals surface area contributed by atoms with E-state index >= 15 is 0 Å². The summed E-state index contributed by atoms with van der Waals surface area (Å²) >= 11 is 0. The Balaban J connectivity index is 2.58. The van der Waals surface area contributed by atoms with Gasteiger partial charge in [0.25, 0.3) is 0 Å². The Morgan fingerprint density at radius 3 is 2.91 bits per heavy atom. The molecule has 1 N–H and O–H groups in total. The van der Waals surface area contributed by atoms with E-state index in [4.69, 9.17) is 9.84 Å². The summed E-state index contributed by atoms with van der Waals surface area (Å²) in [5, 5.41) is 8.71. The molecule has 3 nitrogen and oxygen atoms in total. The van der Waals surface area contributed by atoms with Gasteiger partial charge in [0.1, 0.15) is 0 Å². The van der Waals surface area contributed by atoms with Gasteiger partial charge >= 0.3 is 5.97 Å². The van der Waals surface area contributed by atoms with Gasteiger partial charge in [-0.25, -0.2) is 0 Å². The fourth-order valence-corrected chi connectivity index (χ4v) is 1.30. The number of carboxylic acids is 1. The van der Waals surface area contributed by atoms with Crippen molar-refractivity contribution in [1.29, 1.82) is 0 Å². The molecule has 0 amide bonds. The summed E-state index contributed by atoms with van der Waals surface area (Å²) in [7, 11) is 0. The third kappa shape index (κ3) is 1.80. The van der Waals surface area contributed by atoms with Crippen molar-refractivity contribution >= 4 is 5.97 Å². The van der Waals surface area contributed by atoms with E-state index < -0.39 is 5.97 Å². The molecule has 0 aromatic carbocycles. The molecule has 1 aliphatic rings. The predicted octanol–water partition coefficient (Wildman–Crippen LogP) is 1.05. The maximum atomic E-state index is 10.6. The van der Waals surface area contributed by atoms with E-state index in [1.54, 1.807) is 6.08 Å². The first-order valence-electron chi connectivity index (χ1n) is 3.72. The summed E-state index contributed by atoms with van der Waals surface area (Å²) < 4.78 is 5.20. The van der Waals surface area contributed by atoms with Crippen molar-refractivity contribution in [2.24, 2.45) is 5.92 Å². The first-order valence-corrected chi connectivity index (χ1v) is 3.72. The first-order chi connectivity index (χ1) is 5.25. The van der Waals surface area contributed by atoms with Crippen LogP contribution in [0.4, 0.5) is 0 Å². The Morgan fingerprint density at radius 2 is 2.45 bits per heavy atom. The van der Waals surface area contributed by atoms with E-state index in [2.05, 4.69) is 6.58 Å². The highest BCUT2D eigenvalue weighted by molar-refractivity contribution is 5.71. The van der Waals surface area contributed by atoms with Crippen molar-refractivity contribution < 1.29 is 14.6 Å². The Morgan fingerprint density at radius 1 is 1.73 bits per heavy atom. The summed E-state index contributed by atoms with van der Waals surface area (Å²) in [6, 6.07) is 0. The van der Waals surface area contributed by atoms with Crippen molar-refractivity contribution in [2.75, 3.05) is 6.61 Å². The molecule has 0 radical (unpaired) electrons. The summed E-state index contributed by atoms with van der Waals surface area (Å²) in [4.78, 5) is 10.6. The topological polar surface area (TPSA) is 46.5 Å². The van der Waals surface area contributed by atoms with Gasteiger partial charge < -0.3 is 9.84 Å². The van der Waals surface area contributed by atoms with Crippen LogP contribution in [0.1, 0.15) is 12.8 Å². The molecule has 2 atom stereocenters. The van der Waals surface area contributed by atoms with Gasteiger partial charge in [-0.05, 0) is 12.8 Å². The van der Waals surface area contributed by atoms with Crippen molar-refractivity contribution in [2.45, 2.75) is 18.9 Å². The van der Waals surface area contributed by atoms with Gasteiger partial charge in [-0.1, -0.05) is 6.08 Å². The molecule has 1 heterocycles. The maximum Gasteiger partial charge on any atom is 0.309 e. The average molecular weight is 156 g/mol. The van der Waals surface area contributed by atoms with Gasteiger partial charge in [0, 0.05) is 6.61 Å². The standard InChI is InChI=1S/C8H12O3/c1-2-7-6(8(9)10)4-3-5-11-7/h2,6-7H,1,3-5H2,(H,9,10)/t6-,7+/m0/s1. The molecular formula is C8H12O3. The molecule has 0 saturated carbocycles. The number of aliphatic carboxylic acids is 1. The normalized spacial score (nSPS) is 31.3. The summed E-state index contributed by atoms with van der Waals surface area (Å²) in [6.07, 6.45) is 2.81. The lowest BCUT2D eigenvalue weighted by atomic mass is 9.95. The van der Waals surface area contributed by atoms with E-state index in [0.29, 0.717) is 13.0 Å². The van der Waals surface area contributed by atoms with E-state index in [1.165, 1.54) is 0 Å².